The van der Waals surface area contributed by atoms with Crippen molar-refractivity contribution >= 4 is 34.2 Å². The first-order chi connectivity index (χ1) is 16.0. The van der Waals surface area contributed by atoms with Crippen LogP contribution in [-0.2, 0) is 28.6 Å². The number of carbonyl (C=O) groups is 3. The molecule has 12 nitrogen and oxygen atoms in total. The van der Waals surface area contributed by atoms with Gasteiger partial charge in [-0.15, -0.1) is 0 Å². The average molecular weight is 462 g/mol. The van der Waals surface area contributed by atoms with Crippen LogP contribution in [0.2, 0.25) is 0 Å². The van der Waals surface area contributed by atoms with Crippen LogP contribution < -0.4 is 16.2 Å². The van der Waals surface area contributed by atoms with Gasteiger partial charge in [-0.1, -0.05) is 12.1 Å². The minimum atomic E-state index is -1.02. The normalized spacial score (nSPS) is 16.1. The molecule has 1 saturated heterocycles. The fourth-order valence-corrected chi connectivity index (χ4v) is 3.35. The molecule has 33 heavy (non-hydrogen) atoms. The van der Waals surface area contributed by atoms with E-state index in [4.69, 9.17) is 19.3 Å². The number of hydrogen-bond acceptors (Lipinski definition) is 9. The van der Waals surface area contributed by atoms with Crippen molar-refractivity contribution < 1.29 is 33.7 Å². The van der Waals surface area contributed by atoms with E-state index in [2.05, 4.69) is 15.7 Å². The van der Waals surface area contributed by atoms with E-state index < -0.39 is 23.5 Å². The van der Waals surface area contributed by atoms with Crippen LogP contribution in [0.4, 0.5) is 5.69 Å². The topological polar surface area (TPSA) is 158 Å². The summed E-state index contributed by atoms with van der Waals surface area (Å²) in [5.41, 5.74) is 0.181. The van der Waals surface area contributed by atoms with Gasteiger partial charge in [0.2, 0.25) is 5.91 Å². The summed E-state index contributed by atoms with van der Waals surface area (Å²) in [4.78, 5) is 47.0. The SMILES string of the molecule is O=C(O)COCCOCCOCCNc1cccc2cnn(C3CCC(=O)NC3=O)c(=O)c12. The maximum absolute atomic E-state index is 13.1. The van der Waals surface area contributed by atoms with Gasteiger partial charge in [0, 0.05) is 24.0 Å². The highest BCUT2D eigenvalue weighted by molar-refractivity contribution is 5.99. The molecule has 1 fully saturated rings. The number of carboxylic acid groups (broad SMARTS) is 1. The second-order valence-electron chi connectivity index (χ2n) is 7.23. The first-order valence-electron chi connectivity index (χ1n) is 10.5. The summed E-state index contributed by atoms with van der Waals surface area (Å²) in [6, 6.07) is 4.49. The number of aliphatic carboxylic acids is 1. The van der Waals surface area contributed by atoms with Crippen LogP contribution in [-0.4, -0.2) is 78.9 Å². The minimum absolute atomic E-state index is 0.152. The minimum Gasteiger partial charge on any atom is -0.480 e. The van der Waals surface area contributed by atoms with Gasteiger partial charge in [-0.05, 0) is 12.5 Å². The molecule has 0 radical (unpaired) electrons. The number of piperidine rings is 1. The highest BCUT2D eigenvalue weighted by Crippen LogP contribution is 2.21. The highest BCUT2D eigenvalue weighted by atomic mass is 16.5. The van der Waals surface area contributed by atoms with Gasteiger partial charge in [0.05, 0.1) is 44.6 Å². The fourth-order valence-electron chi connectivity index (χ4n) is 3.35. The predicted molar refractivity (Wildman–Crippen MR) is 116 cm³/mol. The van der Waals surface area contributed by atoms with Crippen LogP contribution in [0, 0.1) is 0 Å². The number of anilines is 1. The third kappa shape index (κ3) is 6.81. The smallest absolute Gasteiger partial charge is 0.329 e. The Kier molecular flexibility index (Phi) is 8.87. The summed E-state index contributed by atoms with van der Waals surface area (Å²) in [5.74, 6) is -1.91. The molecule has 1 atom stereocenters. The molecule has 2 aromatic rings. The lowest BCUT2D eigenvalue weighted by atomic mass is 10.1. The number of benzene rings is 1. The lowest BCUT2D eigenvalue weighted by Gasteiger charge is -2.22. The maximum Gasteiger partial charge on any atom is 0.329 e. The first kappa shape index (κ1) is 24.3. The zero-order valence-electron chi connectivity index (χ0n) is 18.0. The van der Waals surface area contributed by atoms with Gasteiger partial charge in [0.1, 0.15) is 12.6 Å². The van der Waals surface area contributed by atoms with E-state index in [1.54, 1.807) is 18.2 Å². The number of hydrogen-bond donors (Lipinski definition) is 3. The van der Waals surface area contributed by atoms with Crippen molar-refractivity contribution in [1.29, 1.82) is 0 Å². The molecular formula is C21H26N4O8. The Morgan fingerprint density at radius 2 is 1.85 bits per heavy atom. The number of imide groups is 1. The number of amides is 2. The summed E-state index contributed by atoms with van der Waals surface area (Å²) >= 11 is 0. The average Bonchev–Trinajstić information content (AvgIpc) is 2.78. The Labute approximate surface area is 188 Å². The van der Waals surface area contributed by atoms with Gasteiger partial charge in [-0.3, -0.25) is 19.7 Å². The zero-order chi connectivity index (χ0) is 23.6. The third-order valence-electron chi connectivity index (χ3n) is 4.88. The van der Waals surface area contributed by atoms with Gasteiger partial charge in [-0.2, -0.15) is 5.10 Å². The van der Waals surface area contributed by atoms with E-state index in [9.17, 15) is 19.2 Å². The standard InChI is InChI=1S/C21H26N4O8/c26-17-5-4-16(20(29)24-17)25-21(30)19-14(12-23-25)2-1-3-15(19)22-6-7-31-8-9-32-10-11-33-13-18(27)28/h1-3,12,16,22H,4-11,13H2,(H,27,28)(H,24,26,29). The van der Waals surface area contributed by atoms with Gasteiger partial charge >= 0.3 is 5.97 Å². The van der Waals surface area contributed by atoms with Gasteiger partial charge in [-0.25, -0.2) is 9.48 Å². The van der Waals surface area contributed by atoms with Crippen molar-refractivity contribution in [2.24, 2.45) is 0 Å². The van der Waals surface area contributed by atoms with E-state index in [1.165, 1.54) is 6.20 Å². The first-order valence-corrected chi connectivity index (χ1v) is 10.5. The van der Waals surface area contributed by atoms with Crippen LogP contribution in [0.5, 0.6) is 0 Å². The molecule has 3 N–H and O–H groups in total. The van der Waals surface area contributed by atoms with E-state index in [0.717, 1.165) is 4.68 Å². The summed E-state index contributed by atoms with van der Waals surface area (Å²) in [5, 5.41) is 19.0. The van der Waals surface area contributed by atoms with Crippen LogP contribution >= 0.6 is 0 Å². The molecule has 12 heteroatoms. The summed E-state index contributed by atoms with van der Waals surface area (Å²) < 4.78 is 16.7. The number of rotatable bonds is 13. The molecule has 2 heterocycles. The molecule has 1 aliphatic rings. The van der Waals surface area contributed by atoms with Crippen LogP contribution in [0.3, 0.4) is 0 Å². The number of ether oxygens (including phenoxy) is 3. The molecule has 1 unspecified atom stereocenters. The maximum atomic E-state index is 13.1. The molecular weight excluding hydrogens is 436 g/mol. The van der Waals surface area contributed by atoms with Gasteiger partial charge in [0.15, 0.2) is 0 Å². The molecule has 1 aliphatic heterocycles. The second kappa shape index (κ2) is 12.0. The van der Waals surface area contributed by atoms with Crippen molar-refractivity contribution in [3.05, 3.63) is 34.7 Å². The number of nitrogens with zero attached hydrogens (tertiary/aromatic N) is 2. The monoisotopic (exact) mass is 462 g/mol. The summed E-state index contributed by atoms with van der Waals surface area (Å²) in [6.45, 7) is 1.60. The fraction of sp³-hybridized carbons (Fsp3) is 0.476. The number of fused-ring (bicyclic) bond motifs is 1. The Balaban J connectivity index is 1.50. The largest absolute Gasteiger partial charge is 0.480 e. The van der Waals surface area contributed by atoms with Crippen molar-refractivity contribution in [2.45, 2.75) is 18.9 Å². The molecule has 178 valence electrons. The molecule has 0 saturated carbocycles. The number of carbonyl (C=O) groups excluding carboxylic acids is 2. The van der Waals surface area contributed by atoms with E-state index in [0.29, 0.717) is 42.8 Å². The van der Waals surface area contributed by atoms with E-state index in [1.807, 2.05) is 0 Å². The lowest BCUT2D eigenvalue weighted by Crippen LogP contribution is -2.45. The summed E-state index contributed by atoms with van der Waals surface area (Å²) in [6.07, 6.45) is 1.90. The Morgan fingerprint density at radius 1 is 1.12 bits per heavy atom. The quantitative estimate of drug-likeness (QED) is 0.272. The van der Waals surface area contributed by atoms with Crippen molar-refractivity contribution in [3.8, 4) is 0 Å². The van der Waals surface area contributed by atoms with Crippen molar-refractivity contribution in [3.63, 3.8) is 0 Å². The van der Waals surface area contributed by atoms with Crippen LogP contribution in [0.25, 0.3) is 10.8 Å². The molecule has 0 bridgehead atoms. The molecule has 0 spiro atoms. The predicted octanol–water partition coefficient (Wildman–Crippen LogP) is -0.0795. The van der Waals surface area contributed by atoms with Crippen molar-refractivity contribution in [1.82, 2.24) is 15.1 Å². The number of aromatic nitrogens is 2. The molecule has 1 aromatic heterocycles. The van der Waals surface area contributed by atoms with Crippen molar-refractivity contribution in [2.75, 3.05) is 51.5 Å². The summed E-state index contributed by atoms with van der Waals surface area (Å²) in [7, 11) is 0. The molecule has 2 amide bonds. The van der Waals surface area contributed by atoms with Crippen LogP contribution in [0.1, 0.15) is 18.9 Å². The zero-order valence-corrected chi connectivity index (χ0v) is 18.0. The third-order valence-corrected chi connectivity index (χ3v) is 4.88. The second-order valence-corrected chi connectivity index (χ2v) is 7.23. The molecule has 3 rings (SSSR count). The van der Waals surface area contributed by atoms with E-state index >= 15 is 0 Å². The lowest BCUT2D eigenvalue weighted by molar-refractivity contribution is -0.143. The van der Waals surface area contributed by atoms with Gasteiger partial charge < -0.3 is 24.6 Å². The Morgan fingerprint density at radius 3 is 2.58 bits per heavy atom. The highest BCUT2D eigenvalue weighted by Gasteiger charge is 2.30. The van der Waals surface area contributed by atoms with Gasteiger partial charge in [0.25, 0.3) is 11.5 Å². The van der Waals surface area contributed by atoms with E-state index in [-0.39, 0.29) is 38.6 Å². The number of nitrogens with one attached hydrogen (secondary N) is 2. The Hall–Kier alpha value is -3.35. The van der Waals surface area contributed by atoms with Crippen LogP contribution in [0.15, 0.2) is 29.2 Å². The number of carboxylic acids is 1. The Bertz CT molecular complexity index is 1050. The molecule has 1 aromatic carbocycles. The molecule has 0 aliphatic carbocycles.